The minimum absolute atomic E-state index is 0.439. The Morgan fingerprint density at radius 1 is 1.03 bits per heavy atom. The van der Waals surface area contributed by atoms with Crippen molar-refractivity contribution in [2.45, 2.75) is 65.2 Å². The van der Waals surface area contributed by atoms with E-state index in [2.05, 4.69) is 48.0 Å². The van der Waals surface area contributed by atoms with E-state index in [-0.39, 0.29) is 0 Å². The summed E-state index contributed by atoms with van der Waals surface area (Å²) in [4.78, 5) is 3.17. The highest BCUT2D eigenvalue weighted by atomic mass is 16.5. The summed E-state index contributed by atoms with van der Waals surface area (Å²) in [5, 5.41) is 21.0. The van der Waals surface area contributed by atoms with E-state index in [1.165, 1.54) is 43.9 Å². The van der Waals surface area contributed by atoms with Crippen molar-refractivity contribution >= 4 is 10.9 Å². The Kier molecular flexibility index (Phi) is 20.1. The number of nitrogens with zero attached hydrogens (tertiary/aromatic N) is 2. The van der Waals surface area contributed by atoms with Crippen LogP contribution < -0.4 is 17.0 Å². The van der Waals surface area contributed by atoms with Gasteiger partial charge in [-0.25, -0.2) is 0 Å². The van der Waals surface area contributed by atoms with Crippen LogP contribution in [0, 0.1) is 28.6 Å². The number of fused-ring (bicyclic) bond motifs is 1. The molecule has 2 aromatic rings. The molecule has 2 rings (SSSR count). The fourth-order valence-corrected chi connectivity index (χ4v) is 3.21. The molecule has 1 aromatic carbocycles. The molecule has 32 heavy (non-hydrogen) atoms. The molecule has 0 fully saturated rings. The Morgan fingerprint density at radius 2 is 1.81 bits per heavy atom. The number of hydrogen-bond acceptors (Lipinski definition) is 6. The van der Waals surface area contributed by atoms with Gasteiger partial charge in [0.05, 0.1) is 25.1 Å². The van der Waals surface area contributed by atoms with Crippen LogP contribution in [-0.2, 0) is 11.2 Å². The second-order valence-corrected chi connectivity index (χ2v) is 7.76. The summed E-state index contributed by atoms with van der Waals surface area (Å²) in [7, 11) is 0. The third kappa shape index (κ3) is 15.4. The maximum Gasteiger partial charge on any atom is 0.0840 e. The van der Waals surface area contributed by atoms with E-state index in [0.29, 0.717) is 13.0 Å². The zero-order valence-corrected chi connectivity index (χ0v) is 19.9. The number of para-hydroxylation sites is 1. The molecule has 178 valence electrons. The van der Waals surface area contributed by atoms with Gasteiger partial charge in [-0.2, -0.15) is 10.5 Å². The molecule has 1 atom stereocenters. The number of aromatic nitrogens is 1. The van der Waals surface area contributed by atoms with Gasteiger partial charge in [0, 0.05) is 24.4 Å². The Bertz CT molecular complexity index is 729. The number of benzene rings is 1. The summed E-state index contributed by atoms with van der Waals surface area (Å²) < 4.78 is 5.59. The van der Waals surface area contributed by atoms with Crippen LogP contribution in [0.25, 0.3) is 10.9 Å². The van der Waals surface area contributed by atoms with Crippen molar-refractivity contribution in [1.82, 2.24) is 10.3 Å². The molecular formula is C25H42N6O. The molecule has 0 saturated carbocycles. The molecule has 1 unspecified atom stereocenters. The van der Waals surface area contributed by atoms with Crippen LogP contribution >= 0.6 is 0 Å². The lowest BCUT2D eigenvalue weighted by Gasteiger charge is -2.11. The number of unbranched alkanes of at least 4 members (excludes halogenated alkanes) is 3. The topological polar surface area (TPSA) is 137 Å². The normalized spacial score (nSPS) is 10.8. The number of nitriles is 2. The molecule has 7 heteroatoms. The standard InChI is InChI=1S/C15H30N2O.C10H8N2.H4N2/c1-3-4-5-6-8-15(2)9-14-18-13-7-11-17-12-10-16;11-6-5-9-7-8-3-1-2-4-10(8)12-9;1-2/h15,17H,3-9,11-14H2,1-2H3;1-4,7,12H,5H2;1-2H2. The van der Waals surface area contributed by atoms with E-state index < -0.39 is 0 Å². The number of aromatic amines is 1. The average molecular weight is 443 g/mol. The van der Waals surface area contributed by atoms with Crippen LogP contribution in [-0.4, -0.2) is 31.3 Å². The third-order valence-corrected chi connectivity index (χ3v) is 5.01. The Labute approximate surface area is 194 Å². The molecule has 0 bridgehead atoms. The number of hydrogen-bond donors (Lipinski definition) is 4. The van der Waals surface area contributed by atoms with Gasteiger partial charge in [-0.05, 0) is 42.8 Å². The van der Waals surface area contributed by atoms with Crippen molar-refractivity contribution in [2.75, 3.05) is 26.3 Å². The van der Waals surface area contributed by atoms with Gasteiger partial charge in [0.25, 0.3) is 0 Å². The first-order chi connectivity index (χ1) is 15.7. The van der Waals surface area contributed by atoms with Gasteiger partial charge in [0.1, 0.15) is 0 Å². The van der Waals surface area contributed by atoms with Crippen molar-refractivity contribution in [3.8, 4) is 12.1 Å². The van der Waals surface area contributed by atoms with E-state index in [4.69, 9.17) is 15.3 Å². The third-order valence-electron chi connectivity index (χ3n) is 5.01. The number of H-pyrrole nitrogens is 1. The molecule has 6 N–H and O–H groups in total. The fourth-order valence-electron chi connectivity index (χ4n) is 3.21. The van der Waals surface area contributed by atoms with Gasteiger partial charge in [0.15, 0.2) is 0 Å². The van der Waals surface area contributed by atoms with E-state index in [0.717, 1.165) is 43.3 Å². The monoisotopic (exact) mass is 442 g/mol. The lowest BCUT2D eigenvalue weighted by molar-refractivity contribution is 0.118. The summed E-state index contributed by atoms with van der Waals surface area (Å²) in [6.07, 6.45) is 9.40. The van der Waals surface area contributed by atoms with Crippen LogP contribution in [0.5, 0.6) is 0 Å². The van der Waals surface area contributed by atoms with Crippen molar-refractivity contribution < 1.29 is 4.74 Å². The van der Waals surface area contributed by atoms with E-state index in [9.17, 15) is 0 Å². The summed E-state index contributed by atoms with van der Waals surface area (Å²) in [5.74, 6) is 8.79. The molecule has 0 aliphatic rings. The molecule has 0 saturated heterocycles. The number of nitrogens with one attached hydrogen (secondary N) is 2. The quantitative estimate of drug-likeness (QED) is 0.146. The Hall–Kier alpha value is -2.42. The van der Waals surface area contributed by atoms with Crippen LogP contribution in [0.4, 0.5) is 0 Å². The lowest BCUT2D eigenvalue weighted by Crippen LogP contribution is -2.17. The zero-order chi connectivity index (χ0) is 23.9. The number of hydrazine groups is 1. The first-order valence-electron chi connectivity index (χ1n) is 11.6. The van der Waals surface area contributed by atoms with Gasteiger partial charge in [0.2, 0.25) is 0 Å². The summed E-state index contributed by atoms with van der Waals surface area (Å²) in [5.41, 5.74) is 2.08. The highest BCUT2D eigenvalue weighted by Crippen LogP contribution is 2.15. The van der Waals surface area contributed by atoms with Crippen molar-refractivity contribution in [3.63, 3.8) is 0 Å². The van der Waals surface area contributed by atoms with Gasteiger partial charge < -0.3 is 15.0 Å². The summed E-state index contributed by atoms with van der Waals surface area (Å²) >= 11 is 0. The van der Waals surface area contributed by atoms with Crippen molar-refractivity contribution in [2.24, 2.45) is 17.6 Å². The Morgan fingerprint density at radius 3 is 2.50 bits per heavy atom. The second kappa shape index (κ2) is 21.8. The maximum absolute atomic E-state index is 8.47. The highest BCUT2D eigenvalue weighted by Gasteiger charge is 2.02. The van der Waals surface area contributed by atoms with Crippen LogP contribution in [0.3, 0.4) is 0 Å². The fraction of sp³-hybridized carbons (Fsp3) is 0.600. The maximum atomic E-state index is 8.47. The van der Waals surface area contributed by atoms with Gasteiger partial charge in [-0.15, -0.1) is 0 Å². The number of nitrogens with two attached hydrogens (primary N) is 2. The van der Waals surface area contributed by atoms with Gasteiger partial charge in [-0.3, -0.25) is 11.7 Å². The van der Waals surface area contributed by atoms with Gasteiger partial charge >= 0.3 is 0 Å². The van der Waals surface area contributed by atoms with E-state index >= 15 is 0 Å². The van der Waals surface area contributed by atoms with Crippen molar-refractivity contribution in [1.29, 1.82) is 10.5 Å². The highest BCUT2D eigenvalue weighted by molar-refractivity contribution is 5.80. The molecule has 0 amide bonds. The van der Waals surface area contributed by atoms with Crippen LogP contribution in [0.15, 0.2) is 30.3 Å². The average Bonchev–Trinajstić information content (AvgIpc) is 3.23. The van der Waals surface area contributed by atoms with E-state index in [1.807, 2.05) is 30.3 Å². The first kappa shape index (κ1) is 29.6. The predicted molar refractivity (Wildman–Crippen MR) is 132 cm³/mol. The van der Waals surface area contributed by atoms with Crippen molar-refractivity contribution in [3.05, 3.63) is 36.0 Å². The molecule has 0 spiro atoms. The molecule has 0 aliphatic carbocycles. The summed E-state index contributed by atoms with van der Waals surface area (Å²) in [6.45, 7) is 7.58. The number of rotatable bonds is 14. The Balaban J connectivity index is 0.000000588. The minimum Gasteiger partial charge on any atom is -0.381 e. The largest absolute Gasteiger partial charge is 0.381 e. The first-order valence-corrected chi connectivity index (χ1v) is 11.6. The molecule has 1 heterocycles. The molecular weight excluding hydrogens is 400 g/mol. The second-order valence-electron chi connectivity index (χ2n) is 7.76. The molecule has 0 radical (unpaired) electrons. The minimum atomic E-state index is 0.439. The van der Waals surface area contributed by atoms with Crippen LogP contribution in [0.1, 0.15) is 64.5 Å². The van der Waals surface area contributed by atoms with Crippen LogP contribution in [0.2, 0.25) is 0 Å². The molecule has 7 nitrogen and oxygen atoms in total. The smallest absolute Gasteiger partial charge is 0.0840 e. The summed E-state index contributed by atoms with van der Waals surface area (Å²) in [6, 6.07) is 14.2. The molecule has 0 aliphatic heterocycles. The SMILES string of the molecule is CCCCCCC(C)CCOCCCNCC#N.N#CCc1cc2ccccc2[nH]1.NN. The predicted octanol–water partition coefficient (Wildman–Crippen LogP) is 4.56. The van der Waals surface area contributed by atoms with E-state index in [1.54, 1.807) is 0 Å². The van der Waals surface area contributed by atoms with Gasteiger partial charge in [-0.1, -0.05) is 64.2 Å². The number of ether oxygens (including phenoxy) is 1. The lowest BCUT2D eigenvalue weighted by atomic mass is 10.00. The zero-order valence-electron chi connectivity index (χ0n) is 19.9. The molecule has 1 aromatic heterocycles.